The van der Waals surface area contributed by atoms with Gasteiger partial charge in [0.1, 0.15) is 0 Å². The fourth-order valence-corrected chi connectivity index (χ4v) is 4.23. The summed E-state index contributed by atoms with van der Waals surface area (Å²) >= 11 is 0. The lowest BCUT2D eigenvalue weighted by Gasteiger charge is -2.27. The van der Waals surface area contributed by atoms with E-state index in [1.807, 2.05) is 0 Å². The number of carbonyl (C=O) groups excluding carboxylic acids is 2. The van der Waals surface area contributed by atoms with Gasteiger partial charge in [-0.2, -0.15) is 17.6 Å². The number of alkyl halides is 3. The third-order valence-corrected chi connectivity index (χ3v) is 5.99. The summed E-state index contributed by atoms with van der Waals surface area (Å²) < 4.78 is 74.4. The van der Waals surface area contributed by atoms with Crippen LogP contribution in [-0.4, -0.2) is 30.0 Å². The molecular weight excluding hydrogens is 435 g/mol. The van der Waals surface area contributed by atoms with Crippen LogP contribution < -0.4 is 10.1 Å². The molecule has 1 heterocycles. The molecule has 3 rings (SSSR count). The zero-order valence-electron chi connectivity index (χ0n) is 17.5. The fraction of sp³-hybridized carbons (Fsp3) is 0.409. The van der Waals surface area contributed by atoms with Gasteiger partial charge in [0.15, 0.2) is 17.3 Å². The first kappa shape index (κ1) is 23.6. The molecule has 1 aromatic carbocycles. The Morgan fingerprint density at radius 2 is 1.88 bits per heavy atom. The number of rotatable bonds is 5. The number of pyridine rings is 1. The number of anilines is 1. The first-order valence-corrected chi connectivity index (χ1v) is 9.74. The number of carbonyl (C=O) groups is 2. The third kappa shape index (κ3) is 4.18. The summed E-state index contributed by atoms with van der Waals surface area (Å²) in [6.45, 7) is 2.25. The average molecular weight is 456 g/mol. The van der Waals surface area contributed by atoms with E-state index in [1.165, 1.54) is 25.4 Å². The lowest BCUT2D eigenvalue weighted by Crippen LogP contribution is -2.33. The van der Waals surface area contributed by atoms with Crippen LogP contribution in [0.15, 0.2) is 30.6 Å². The quantitative estimate of drug-likeness (QED) is 0.492. The lowest BCUT2D eigenvalue weighted by molar-refractivity contribution is -0.216. The van der Waals surface area contributed by atoms with E-state index in [0.717, 1.165) is 26.2 Å². The van der Waals surface area contributed by atoms with Crippen molar-refractivity contribution in [3.8, 4) is 5.75 Å². The molecule has 1 N–H and O–H groups in total. The Morgan fingerprint density at radius 1 is 1.19 bits per heavy atom. The van der Waals surface area contributed by atoms with Gasteiger partial charge in [-0.05, 0) is 31.9 Å². The summed E-state index contributed by atoms with van der Waals surface area (Å²) in [6.07, 6.45) is -3.16. The largest absolute Gasteiger partial charge is 0.493 e. The molecule has 0 saturated heterocycles. The van der Waals surface area contributed by atoms with Gasteiger partial charge in [0.05, 0.1) is 23.8 Å². The zero-order chi connectivity index (χ0) is 23.8. The van der Waals surface area contributed by atoms with Gasteiger partial charge in [-0.3, -0.25) is 14.6 Å². The molecule has 32 heavy (non-hydrogen) atoms. The van der Waals surface area contributed by atoms with Gasteiger partial charge in [0.2, 0.25) is 11.7 Å². The van der Waals surface area contributed by atoms with Crippen LogP contribution in [-0.2, 0) is 4.79 Å². The second kappa shape index (κ2) is 8.48. The highest BCUT2D eigenvalue weighted by Crippen LogP contribution is 2.59. The second-order valence-corrected chi connectivity index (χ2v) is 8.13. The Morgan fingerprint density at radius 3 is 2.47 bits per heavy atom. The summed E-state index contributed by atoms with van der Waals surface area (Å²) in [5.74, 6) is -6.60. The third-order valence-electron chi connectivity index (χ3n) is 5.99. The maximum Gasteiger partial charge on any atom is 0.394 e. The second-order valence-electron chi connectivity index (χ2n) is 8.13. The number of ether oxygens (including phenoxy) is 1. The molecular formula is C22H21F5N2O3. The highest BCUT2D eigenvalue weighted by molar-refractivity contribution is 6.04. The maximum atomic E-state index is 14.3. The topological polar surface area (TPSA) is 68.3 Å². The minimum Gasteiger partial charge on any atom is -0.493 e. The van der Waals surface area contributed by atoms with Crippen molar-refractivity contribution in [2.45, 2.75) is 38.8 Å². The summed E-state index contributed by atoms with van der Waals surface area (Å²) in [5.41, 5.74) is -2.06. The Hall–Kier alpha value is -3.04. The fourth-order valence-electron chi connectivity index (χ4n) is 4.23. The smallest absolute Gasteiger partial charge is 0.394 e. The van der Waals surface area contributed by atoms with Crippen molar-refractivity contribution in [3.63, 3.8) is 0 Å². The van der Waals surface area contributed by atoms with Gasteiger partial charge in [-0.1, -0.05) is 13.0 Å². The number of ketones is 1. The molecule has 5 nitrogen and oxygen atoms in total. The van der Waals surface area contributed by atoms with Crippen LogP contribution in [0.2, 0.25) is 0 Å². The summed E-state index contributed by atoms with van der Waals surface area (Å²) in [6, 6.07) is 3.29. The predicted octanol–water partition coefficient (Wildman–Crippen LogP) is 5.27. The Bertz CT molecular complexity index is 1060. The minimum absolute atomic E-state index is 0.0268. The average Bonchev–Trinajstić information content (AvgIpc) is 3.09. The van der Waals surface area contributed by atoms with Crippen molar-refractivity contribution in [2.24, 2.45) is 11.3 Å². The molecule has 3 atom stereocenters. The van der Waals surface area contributed by atoms with Crippen LogP contribution in [0.5, 0.6) is 5.75 Å². The number of methoxy groups -OCH3 is 1. The van der Waals surface area contributed by atoms with Crippen molar-refractivity contribution in [2.75, 3.05) is 12.4 Å². The number of amides is 1. The van der Waals surface area contributed by atoms with Crippen molar-refractivity contribution in [1.82, 2.24) is 4.98 Å². The minimum atomic E-state index is -4.63. The first-order chi connectivity index (χ1) is 14.9. The zero-order valence-corrected chi connectivity index (χ0v) is 17.5. The summed E-state index contributed by atoms with van der Waals surface area (Å²) in [4.78, 5) is 28.7. The number of halogens is 5. The molecule has 10 heteroatoms. The Balaban J connectivity index is 2.05. The van der Waals surface area contributed by atoms with Crippen LogP contribution in [0.1, 0.15) is 48.5 Å². The summed E-state index contributed by atoms with van der Waals surface area (Å²) in [5, 5.41) is 2.51. The normalized spacial score (nSPS) is 23.1. The predicted molar refractivity (Wildman–Crippen MR) is 105 cm³/mol. The Kier molecular flexibility index (Phi) is 6.26. The number of benzene rings is 1. The molecule has 1 aliphatic carbocycles. The number of hydrogen-bond acceptors (Lipinski definition) is 4. The van der Waals surface area contributed by atoms with Crippen LogP contribution >= 0.6 is 0 Å². The van der Waals surface area contributed by atoms with Crippen molar-refractivity contribution >= 4 is 17.4 Å². The first-order valence-electron chi connectivity index (χ1n) is 9.74. The monoisotopic (exact) mass is 456 g/mol. The van der Waals surface area contributed by atoms with E-state index in [2.05, 4.69) is 10.3 Å². The number of Topliss-reactive ketones (excluding diaryl/α,β-unsaturated/α-hetero) is 1. The molecule has 1 aromatic heterocycles. The molecule has 0 spiro atoms. The molecule has 172 valence electrons. The highest BCUT2D eigenvalue weighted by Gasteiger charge is 2.59. The Labute approximate surface area is 181 Å². The van der Waals surface area contributed by atoms with E-state index in [0.29, 0.717) is 0 Å². The van der Waals surface area contributed by atoms with Gasteiger partial charge >= 0.3 is 6.18 Å². The van der Waals surface area contributed by atoms with Crippen LogP contribution in [0, 0.1) is 23.0 Å². The standard InChI is InChI=1S/C22H21F5N2O3/c1-11(30)15-10-28-7-6-17(15)29-20(31)14-9-21(2,22(25,26)27)8-13(14)12-4-5-16(23)18(24)19(12)32-3/h4-7,10,13-14H,8-9H2,1-3H3,(H,28,29,31)/t13-,14+,21+/m0/s1. The molecule has 1 saturated carbocycles. The molecule has 0 radical (unpaired) electrons. The molecule has 2 aromatic rings. The number of nitrogens with one attached hydrogen (secondary N) is 1. The number of aromatic nitrogens is 1. The van der Waals surface area contributed by atoms with Gasteiger partial charge in [-0.15, -0.1) is 0 Å². The van der Waals surface area contributed by atoms with E-state index < -0.39 is 65.3 Å². The van der Waals surface area contributed by atoms with Crippen LogP contribution in [0.25, 0.3) is 0 Å². The van der Waals surface area contributed by atoms with Gasteiger partial charge in [-0.25, -0.2) is 4.39 Å². The van der Waals surface area contributed by atoms with Gasteiger partial charge < -0.3 is 10.1 Å². The maximum absolute atomic E-state index is 14.3. The van der Waals surface area contributed by atoms with E-state index >= 15 is 0 Å². The molecule has 1 amide bonds. The van der Waals surface area contributed by atoms with Crippen molar-refractivity contribution in [1.29, 1.82) is 0 Å². The molecule has 1 aliphatic rings. The highest BCUT2D eigenvalue weighted by atomic mass is 19.4. The van der Waals surface area contributed by atoms with Crippen LogP contribution in [0.3, 0.4) is 0 Å². The summed E-state index contributed by atoms with van der Waals surface area (Å²) in [7, 11) is 1.07. The van der Waals surface area contributed by atoms with Crippen molar-refractivity contribution < 1.29 is 36.3 Å². The van der Waals surface area contributed by atoms with Crippen LogP contribution in [0.4, 0.5) is 27.6 Å². The number of hydrogen-bond donors (Lipinski definition) is 1. The van der Waals surface area contributed by atoms with Gasteiger partial charge in [0.25, 0.3) is 0 Å². The molecule has 1 fully saturated rings. The van der Waals surface area contributed by atoms with Crippen molar-refractivity contribution in [3.05, 3.63) is 53.4 Å². The SMILES string of the molecule is COc1c([C@@H]2C[C@@](C)(C(F)(F)F)C[C@H]2C(=O)Nc2ccncc2C(C)=O)ccc(F)c1F. The van der Waals surface area contributed by atoms with E-state index in [4.69, 9.17) is 4.74 Å². The van der Waals surface area contributed by atoms with Gasteiger partial charge in [0, 0.05) is 29.8 Å². The molecule has 0 aliphatic heterocycles. The number of nitrogens with zero attached hydrogens (tertiary/aromatic N) is 1. The van der Waals surface area contributed by atoms with E-state index in [-0.39, 0.29) is 16.8 Å². The van der Waals surface area contributed by atoms with E-state index in [1.54, 1.807) is 0 Å². The molecule has 0 unspecified atom stereocenters. The lowest BCUT2D eigenvalue weighted by atomic mass is 9.85. The molecule has 0 bridgehead atoms. The van der Waals surface area contributed by atoms with E-state index in [9.17, 15) is 31.5 Å².